The van der Waals surface area contributed by atoms with E-state index in [0.717, 1.165) is 5.56 Å². The number of hydrogen-bond acceptors (Lipinski definition) is 3. The summed E-state index contributed by atoms with van der Waals surface area (Å²) >= 11 is 0. The van der Waals surface area contributed by atoms with Gasteiger partial charge in [0.05, 0.1) is 18.5 Å². The summed E-state index contributed by atoms with van der Waals surface area (Å²) in [5.41, 5.74) is 0.799. The third kappa shape index (κ3) is 2.88. The van der Waals surface area contributed by atoms with Gasteiger partial charge in [0, 0.05) is 13.1 Å². The summed E-state index contributed by atoms with van der Waals surface area (Å²) in [4.78, 5) is 0. The van der Waals surface area contributed by atoms with Crippen molar-refractivity contribution in [2.45, 2.75) is 13.0 Å². The summed E-state index contributed by atoms with van der Waals surface area (Å²) in [5.74, 6) is -0.226. The highest BCUT2D eigenvalue weighted by Crippen LogP contribution is 2.24. The highest BCUT2D eigenvalue weighted by Gasteiger charge is 2.28. The number of ether oxygens (including phenoxy) is 1. The minimum Gasteiger partial charge on any atom is -0.371 e. The molecule has 0 aliphatic carbocycles. The van der Waals surface area contributed by atoms with Crippen molar-refractivity contribution in [3.63, 3.8) is 0 Å². The zero-order valence-corrected chi connectivity index (χ0v) is 11.0. The average molecular weight is 273 g/mol. The molecule has 1 unspecified atom stereocenters. The van der Waals surface area contributed by atoms with E-state index in [2.05, 4.69) is 0 Å². The third-order valence-electron chi connectivity index (χ3n) is 3.03. The lowest BCUT2D eigenvalue weighted by Crippen LogP contribution is -2.42. The molecule has 0 radical (unpaired) electrons. The van der Waals surface area contributed by atoms with Gasteiger partial charge in [0.25, 0.3) is 0 Å². The van der Waals surface area contributed by atoms with Crippen LogP contribution in [0.5, 0.6) is 0 Å². The molecule has 6 heteroatoms. The minimum absolute atomic E-state index is 0.0864. The number of hydrogen-bond donors (Lipinski definition) is 0. The smallest absolute Gasteiger partial charge is 0.214 e. The first-order valence-electron chi connectivity index (χ1n) is 5.88. The fraction of sp³-hybridized carbons (Fsp3) is 0.500. The monoisotopic (exact) mass is 273 g/mol. The Bertz CT molecular complexity index is 501. The molecule has 1 fully saturated rings. The minimum atomic E-state index is -3.19. The molecule has 0 aromatic heterocycles. The summed E-state index contributed by atoms with van der Waals surface area (Å²) in [6.07, 6.45) is -0.319. The van der Waals surface area contributed by atoms with Crippen LogP contribution < -0.4 is 0 Å². The molecular formula is C12H16FNO3S. The summed E-state index contributed by atoms with van der Waals surface area (Å²) < 4.78 is 43.4. The molecule has 1 aromatic carbocycles. The van der Waals surface area contributed by atoms with Crippen molar-refractivity contribution < 1.29 is 17.5 Å². The molecule has 1 atom stereocenters. The molecule has 0 N–H and O–H groups in total. The van der Waals surface area contributed by atoms with Crippen LogP contribution in [0.1, 0.15) is 18.6 Å². The zero-order valence-electron chi connectivity index (χ0n) is 10.2. The van der Waals surface area contributed by atoms with E-state index in [1.54, 1.807) is 19.1 Å². The summed E-state index contributed by atoms with van der Waals surface area (Å²) in [6, 6.07) is 5.96. The molecule has 4 nitrogen and oxygen atoms in total. The van der Waals surface area contributed by atoms with Crippen LogP contribution in [0.2, 0.25) is 0 Å². The first-order valence-corrected chi connectivity index (χ1v) is 7.48. The second kappa shape index (κ2) is 5.34. The fourth-order valence-corrected chi connectivity index (χ4v) is 3.02. The van der Waals surface area contributed by atoms with Crippen molar-refractivity contribution in [2.24, 2.45) is 0 Å². The quantitative estimate of drug-likeness (QED) is 0.839. The maximum Gasteiger partial charge on any atom is 0.214 e. The molecule has 18 heavy (non-hydrogen) atoms. The second-order valence-corrected chi connectivity index (χ2v) is 6.43. The van der Waals surface area contributed by atoms with Gasteiger partial charge in [-0.1, -0.05) is 12.1 Å². The lowest BCUT2D eigenvalue weighted by molar-refractivity contribution is -0.00253. The van der Waals surface area contributed by atoms with Crippen LogP contribution in [0.25, 0.3) is 0 Å². The number of nitrogens with zero attached hydrogens (tertiary/aromatic N) is 1. The zero-order chi connectivity index (χ0) is 13.2. The van der Waals surface area contributed by atoms with E-state index in [9.17, 15) is 12.8 Å². The average Bonchev–Trinajstić information content (AvgIpc) is 2.40. The molecule has 0 amide bonds. The Morgan fingerprint density at radius 2 is 2.06 bits per heavy atom. The van der Waals surface area contributed by atoms with E-state index in [1.807, 2.05) is 0 Å². The van der Waals surface area contributed by atoms with Crippen LogP contribution in [0.4, 0.5) is 4.39 Å². The van der Waals surface area contributed by atoms with E-state index in [0.29, 0.717) is 19.7 Å². The lowest BCUT2D eigenvalue weighted by Gasteiger charge is -2.32. The van der Waals surface area contributed by atoms with Crippen molar-refractivity contribution in [1.82, 2.24) is 4.31 Å². The van der Waals surface area contributed by atoms with E-state index in [4.69, 9.17) is 4.74 Å². The van der Waals surface area contributed by atoms with Gasteiger partial charge in [-0.05, 0) is 24.6 Å². The van der Waals surface area contributed by atoms with Crippen molar-refractivity contribution in [3.05, 3.63) is 35.6 Å². The molecule has 100 valence electrons. The molecule has 0 saturated carbocycles. The van der Waals surface area contributed by atoms with Gasteiger partial charge in [0.2, 0.25) is 10.0 Å². The van der Waals surface area contributed by atoms with Crippen LogP contribution in [-0.2, 0) is 14.8 Å². The Labute approximate surface area is 106 Å². The molecular weight excluding hydrogens is 257 g/mol. The highest BCUT2D eigenvalue weighted by molar-refractivity contribution is 7.89. The van der Waals surface area contributed by atoms with Gasteiger partial charge in [-0.2, -0.15) is 4.31 Å². The second-order valence-electron chi connectivity index (χ2n) is 4.17. The van der Waals surface area contributed by atoms with Crippen LogP contribution in [0, 0.1) is 5.82 Å². The van der Waals surface area contributed by atoms with Crippen molar-refractivity contribution in [3.8, 4) is 0 Å². The van der Waals surface area contributed by atoms with Gasteiger partial charge < -0.3 is 4.74 Å². The number of sulfonamides is 1. The topological polar surface area (TPSA) is 46.6 Å². The Balaban J connectivity index is 2.14. The van der Waals surface area contributed by atoms with Gasteiger partial charge >= 0.3 is 0 Å². The maximum absolute atomic E-state index is 12.8. The Kier molecular flexibility index (Phi) is 3.99. The van der Waals surface area contributed by atoms with Crippen molar-refractivity contribution in [2.75, 3.05) is 25.4 Å². The van der Waals surface area contributed by atoms with Gasteiger partial charge in [0.1, 0.15) is 5.82 Å². The normalized spacial score (nSPS) is 22.0. The first-order chi connectivity index (χ1) is 8.53. The maximum atomic E-state index is 12.8. The van der Waals surface area contributed by atoms with Gasteiger partial charge in [-0.25, -0.2) is 12.8 Å². The predicted molar refractivity (Wildman–Crippen MR) is 66.1 cm³/mol. The lowest BCUT2D eigenvalue weighted by atomic mass is 10.1. The van der Waals surface area contributed by atoms with E-state index in [-0.39, 0.29) is 17.7 Å². The van der Waals surface area contributed by atoms with Crippen molar-refractivity contribution in [1.29, 1.82) is 0 Å². The highest BCUT2D eigenvalue weighted by atomic mass is 32.2. The molecule has 1 aromatic rings. The Hall–Kier alpha value is -0.980. The van der Waals surface area contributed by atoms with Crippen molar-refractivity contribution >= 4 is 10.0 Å². The van der Waals surface area contributed by atoms with Gasteiger partial charge in [0.15, 0.2) is 0 Å². The molecule has 0 bridgehead atoms. The number of halogens is 1. The molecule has 1 saturated heterocycles. The van der Waals surface area contributed by atoms with Crippen LogP contribution in [0.3, 0.4) is 0 Å². The summed E-state index contributed by atoms with van der Waals surface area (Å²) in [5, 5.41) is 0. The standard InChI is InChI=1S/C12H16FNO3S/c1-2-18(15,16)14-7-8-17-12(9-14)10-3-5-11(13)6-4-10/h3-6,12H,2,7-9H2,1H3. The molecule has 1 heterocycles. The predicted octanol–water partition coefficient (Wildman–Crippen LogP) is 1.55. The Morgan fingerprint density at radius 1 is 1.39 bits per heavy atom. The van der Waals surface area contributed by atoms with Gasteiger partial charge in [-0.3, -0.25) is 0 Å². The van der Waals surface area contributed by atoms with Crippen LogP contribution >= 0.6 is 0 Å². The molecule has 0 spiro atoms. The van der Waals surface area contributed by atoms with E-state index >= 15 is 0 Å². The number of benzene rings is 1. The molecule has 1 aliphatic rings. The summed E-state index contributed by atoms with van der Waals surface area (Å²) in [7, 11) is -3.19. The third-order valence-corrected chi connectivity index (χ3v) is 4.88. The van der Waals surface area contributed by atoms with Gasteiger partial charge in [-0.15, -0.1) is 0 Å². The number of rotatable bonds is 3. The van der Waals surface area contributed by atoms with Crippen LogP contribution in [-0.4, -0.2) is 38.2 Å². The first kappa shape index (κ1) is 13.5. The van der Waals surface area contributed by atoms with Crippen LogP contribution in [0.15, 0.2) is 24.3 Å². The Morgan fingerprint density at radius 3 is 2.67 bits per heavy atom. The summed E-state index contributed by atoms with van der Waals surface area (Å²) in [6.45, 7) is 2.66. The SMILES string of the molecule is CCS(=O)(=O)N1CCOC(c2ccc(F)cc2)C1. The largest absolute Gasteiger partial charge is 0.371 e. The van der Waals surface area contributed by atoms with E-state index < -0.39 is 10.0 Å². The fourth-order valence-electron chi connectivity index (χ4n) is 1.94. The number of morpholine rings is 1. The molecule has 1 aliphatic heterocycles. The van der Waals surface area contributed by atoms with E-state index in [1.165, 1.54) is 16.4 Å². The molecule has 2 rings (SSSR count).